The summed E-state index contributed by atoms with van der Waals surface area (Å²) in [6, 6.07) is 8.23. The molecule has 1 aromatic heterocycles. The van der Waals surface area contributed by atoms with Crippen molar-refractivity contribution in [3.63, 3.8) is 0 Å². The molecule has 1 amide bonds. The normalized spacial score (nSPS) is 11.8. The van der Waals surface area contributed by atoms with Crippen molar-refractivity contribution in [2.24, 2.45) is 7.05 Å². The largest absolute Gasteiger partial charge is 0.464 e. The molecule has 0 aliphatic rings. The number of carbonyl (C=O) groups is 3. The minimum absolute atomic E-state index is 0.193. The highest BCUT2D eigenvalue weighted by Gasteiger charge is 2.32. The van der Waals surface area contributed by atoms with Gasteiger partial charge in [0.1, 0.15) is 5.69 Å². The van der Waals surface area contributed by atoms with Crippen molar-refractivity contribution in [1.82, 2.24) is 9.47 Å². The van der Waals surface area contributed by atoms with E-state index in [0.717, 1.165) is 0 Å². The first kappa shape index (κ1) is 20.4. The van der Waals surface area contributed by atoms with Crippen LogP contribution in [-0.4, -0.2) is 46.8 Å². The summed E-state index contributed by atoms with van der Waals surface area (Å²) in [5.74, 6) is -0.877. The highest BCUT2D eigenvalue weighted by Crippen LogP contribution is 2.25. The molecule has 2 rings (SSSR count). The Morgan fingerprint density at radius 2 is 1.74 bits per heavy atom. The van der Waals surface area contributed by atoms with Gasteiger partial charge in [-0.3, -0.25) is 9.59 Å². The van der Waals surface area contributed by atoms with Gasteiger partial charge in [0, 0.05) is 30.4 Å². The molecular weight excluding hydrogens is 344 g/mol. The van der Waals surface area contributed by atoms with E-state index in [1.54, 1.807) is 61.6 Å². The molecule has 0 aliphatic carbocycles. The number of ether oxygens (including phenoxy) is 1. The van der Waals surface area contributed by atoms with E-state index in [1.165, 1.54) is 7.11 Å². The number of esters is 1. The lowest BCUT2D eigenvalue weighted by Gasteiger charge is -2.27. The van der Waals surface area contributed by atoms with E-state index in [1.807, 2.05) is 13.0 Å². The molecule has 1 atom stereocenters. The predicted molar refractivity (Wildman–Crippen MR) is 103 cm³/mol. The zero-order valence-corrected chi connectivity index (χ0v) is 16.7. The number of hydrogen-bond donors (Lipinski definition) is 0. The van der Waals surface area contributed by atoms with Gasteiger partial charge in [-0.25, -0.2) is 4.79 Å². The molecule has 27 heavy (non-hydrogen) atoms. The lowest BCUT2D eigenvalue weighted by Crippen LogP contribution is -2.43. The lowest BCUT2D eigenvalue weighted by molar-refractivity contribution is 0.0588. The SMILES string of the molecule is CCN(C(=O)c1ccccc1)[C@H](C)C(=O)c1c(C)c(C(=O)OC)n(C)c1C. The van der Waals surface area contributed by atoms with Gasteiger partial charge in [-0.2, -0.15) is 0 Å². The van der Waals surface area contributed by atoms with Gasteiger partial charge in [-0.1, -0.05) is 18.2 Å². The zero-order chi connectivity index (χ0) is 20.3. The molecule has 0 aliphatic heterocycles. The van der Waals surface area contributed by atoms with E-state index in [9.17, 15) is 14.4 Å². The summed E-state index contributed by atoms with van der Waals surface area (Å²) in [4.78, 5) is 39.7. The first-order chi connectivity index (χ1) is 12.8. The van der Waals surface area contributed by atoms with Crippen LogP contribution in [0.25, 0.3) is 0 Å². The van der Waals surface area contributed by atoms with E-state index in [2.05, 4.69) is 0 Å². The topological polar surface area (TPSA) is 68.6 Å². The molecule has 0 fully saturated rings. The number of likely N-dealkylation sites (N-methyl/N-ethyl adjacent to an activating group) is 1. The number of nitrogens with zero attached hydrogens (tertiary/aromatic N) is 2. The molecule has 144 valence electrons. The van der Waals surface area contributed by atoms with E-state index in [-0.39, 0.29) is 11.7 Å². The summed E-state index contributed by atoms with van der Waals surface area (Å²) in [5, 5.41) is 0. The van der Waals surface area contributed by atoms with Crippen LogP contribution in [0.15, 0.2) is 30.3 Å². The van der Waals surface area contributed by atoms with Crippen molar-refractivity contribution < 1.29 is 19.1 Å². The molecule has 0 N–H and O–H groups in total. The second kappa shape index (κ2) is 8.20. The molecular formula is C21H26N2O4. The van der Waals surface area contributed by atoms with Crippen LogP contribution in [0.2, 0.25) is 0 Å². The Morgan fingerprint density at radius 1 is 1.15 bits per heavy atom. The molecule has 1 heterocycles. The quantitative estimate of drug-likeness (QED) is 0.579. The second-order valence-corrected chi connectivity index (χ2v) is 6.48. The number of ketones is 1. The van der Waals surface area contributed by atoms with Crippen LogP contribution in [0.3, 0.4) is 0 Å². The van der Waals surface area contributed by atoms with Crippen molar-refractivity contribution in [3.05, 3.63) is 58.4 Å². The van der Waals surface area contributed by atoms with Crippen LogP contribution in [0, 0.1) is 13.8 Å². The van der Waals surface area contributed by atoms with E-state index >= 15 is 0 Å². The fraction of sp³-hybridized carbons (Fsp3) is 0.381. The molecule has 0 unspecified atom stereocenters. The molecule has 0 saturated heterocycles. The minimum Gasteiger partial charge on any atom is -0.464 e. The number of benzene rings is 1. The van der Waals surface area contributed by atoms with Crippen LogP contribution in [0.5, 0.6) is 0 Å². The van der Waals surface area contributed by atoms with Gasteiger partial charge < -0.3 is 14.2 Å². The molecule has 2 aromatic rings. The third-order valence-electron chi connectivity index (χ3n) is 5.02. The smallest absolute Gasteiger partial charge is 0.354 e. The van der Waals surface area contributed by atoms with Crippen LogP contribution in [0.1, 0.15) is 56.3 Å². The summed E-state index contributed by atoms with van der Waals surface area (Å²) in [6.07, 6.45) is 0. The third-order valence-corrected chi connectivity index (χ3v) is 5.02. The lowest BCUT2D eigenvalue weighted by atomic mass is 9.99. The molecule has 0 radical (unpaired) electrons. The van der Waals surface area contributed by atoms with Crippen LogP contribution in [-0.2, 0) is 11.8 Å². The van der Waals surface area contributed by atoms with Gasteiger partial charge in [0.15, 0.2) is 5.78 Å². The van der Waals surface area contributed by atoms with Crippen LogP contribution >= 0.6 is 0 Å². The minimum atomic E-state index is -0.659. The Kier molecular flexibility index (Phi) is 6.20. The van der Waals surface area contributed by atoms with Crippen molar-refractivity contribution >= 4 is 17.7 Å². The maximum Gasteiger partial charge on any atom is 0.354 e. The van der Waals surface area contributed by atoms with Crippen LogP contribution in [0.4, 0.5) is 0 Å². The summed E-state index contributed by atoms with van der Waals surface area (Å²) in [7, 11) is 3.04. The van der Waals surface area contributed by atoms with Crippen molar-refractivity contribution in [1.29, 1.82) is 0 Å². The highest BCUT2D eigenvalue weighted by molar-refractivity contribution is 6.07. The number of hydrogen-bond acceptors (Lipinski definition) is 4. The average Bonchev–Trinajstić information content (AvgIpc) is 2.90. The maximum absolute atomic E-state index is 13.2. The first-order valence-electron chi connectivity index (χ1n) is 8.90. The molecule has 0 bridgehead atoms. The van der Waals surface area contributed by atoms with Gasteiger partial charge in [-0.05, 0) is 45.4 Å². The zero-order valence-electron chi connectivity index (χ0n) is 16.7. The summed E-state index contributed by atoms with van der Waals surface area (Å²) in [5.41, 5.74) is 2.60. The van der Waals surface area contributed by atoms with Gasteiger partial charge in [-0.15, -0.1) is 0 Å². The Bertz CT molecular complexity index is 868. The van der Waals surface area contributed by atoms with Gasteiger partial charge in [0.2, 0.25) is 0 Å². The second-order valence-electron chi connectivity index (χ2n) is 6.48. The number of rotatable bonds is 6. The Hall–Kier alpha value is -2.89. The van der Waals surface area contributed by atoms with Crippen molar-refractivity contribution in [2.75, 3.05) is 13.7 Å². The van der Waals surface area contributed by atoms with Gasteiger partial charge in [0.25, 0.3) is 5.91 Å². The monoisotopic (exact) mass is 370 g/mol. The van der Waals surface area contributed by atoms with Gasteiger partial charge >= 0.3 is 5.97 Å². The Labute approximate surface area is 159 Å². The Balaban J connectivity index is 2.42. The van der Waals surface area contributed by atoms with E-state index in [0.29, 0.717) is 34.6 Å². The summed E-state index contributed by atoms with van der Waals surface area (Å²) in [6.45, 7) is 7.48. The van der Waals surface area contributed by atoms with Crippen molar-refractivity contribution in [2.45, 2.75) is 33.7 Å². The highest BCUT2D eigenvalue weighted by atomic mass is 16.5. The van der Waals surface area contributed by atoms with E-state index < -0.39 is 12.0 Å². The number of carbonyl (C=O) groups excluding carboxylic acids is 3. The summed E-state index contributed by atoms with van der Waals surface area (Å²) < 4.78 is 6.50. The van der Waals surface area contributed by atoms with E-state index in [4.69, 9.17) is 4.74 Å². The molecule has 1 aromatic carbocycles. The predicted octanol–water partition coefficient (Wildman–Crippen LogP) is 3.16. The summed E-state index contributed by atoms with van der Waals surface area (Å²) >= 11 is 0. The van der Waals surface area contributed by atoms with Crippen molar-refractivity contribution in [3.8, 4) is 0 Å². The Morgan fingerprint density at radius 3 is 2.26 bits per heavy atom. The number of Topliss-reactive ketones (excluding diaryl/α,β-unsaturated/α-hetero) is 1. The number of amides is 1. The number of aromatic nitrogens is 1. The maximum atomic E-state index is 13.2. The fourth-order valence-corrected chi connectivity index (χ4v) is 3.42. The molecule has 0 spiro atoms. The van der Waals surface area contributed by atoms with Crippen LogP contribution < -0.4 is 0 Å². The average molecular weight is 370 g/mol. The molecule has 6 heteroatoms. The standard InChI is InChI=1S/C21H26N2O4/c1-7-23(20(25)16-11-9-8-10-12-16)15(4)19(24)17-13(2)18(21(26)27-6)22(5)14(17)3/h8-12,15H,7H2,1-6H3/t15-/m1/s1. The molecule has 0 saturated carbocycles. The van der Waals surface area contributed by atoms with Gasteiger partial charge in [0.05, 0.1) is 13.2 Å². The fourth-order valence-electron chi connectivity index (χ4n) is 3.42. The first-order valence-corrected chi connectivity index (χ1v) is 8.90. The number of methoxy groups -OCH3 is 1. The molecule has 6 nitrogen and oxygen atoms in total. The third kappa shape index (κ3) is 3.65.